The molecule has 0 aliphatic carbocycles. The van der Waals surface area contributed by atoms with Gasteiger partial charge in [0.2, 0.25) is 5.91 Å². The number of carbonyl (C=O) groups is 2. The molecule has 0 aliphatic rings. The van der Waals surface area contributed by atoms with Gasteiger partial charge in [0.05, 0.1) is 6.61 Å². The van der Waals surface area contributed by atoms with Gasteiger partial charge in [0.15, 0.2) is 0 Å². The van der Waals surface area contributed by atoms with Crippen molar-refractivity contribution in [1.29, 1.82) is 0 Å². The molecule has 3 N–H and O–H groups in total. The fourth-order valence-corrected chi connectivity index (χ4v) is 1.86. The van der Waals surface area contributed by atoms with Gasteiger partial charge in [0, 0.05) is 12.6 Å². The second kappa shape index (κ2) is 7.87. The molecule has 116 valence electrons. The third-order valence-electron chi connectivity index (χ3n) is 3.06. The molecule has 0 spiro atoms. The average Bonchev–Trinajstić information content (AvgIpc) is 3.05. The Morgan fingerprint density at radius 2 is 1.95 bits per heavy atom. The molecule has 0 aliphatic heterocycles. The minimum absolute atomic E-state index is 0.256. The first-order chi connectivity index (χ1) is 10.7. The van der Waals surface area contributed by atoms with E-state index in [2.05, 4.69) is 15.8 Å². The Bertz CT molecular complexity index is 623. The molecule has 1 heterocycles. The molecule has 1 aromatic carbocycles. The minimum Gasteiger partial charge on any atom is -0.493 e. The maximum absolute atomic E-state index is 11.6. The van der Waals surface area contributed by atoms with Gasteiger partial charge in [-0.05, 0) is 37.1 Å². The SMILES string of the molecule is Cc1ccccc1OCCCC(=O)NNC(=O)c1ccc[nH]1. The van der Waals surface area contributed by atoms with E-state index in [1.807, 2.05) is 31.2 Å². The Kier molecular flexibility index (Phi) is 5.59. The third kappa shape index (κ3) is 4.66. The van der Waals surface area contributed by atoms with Crippen molar-refractivity contribution in [3.63, 3.8) is 0 Å². The molecular weight excluding hydrogens is 282 g/mol. The van der Waals surface area contributed by atoms with Crippen molar-refractivity contribution in [1.82, 2.24) is 15.8 Å². The van der Waals surface area contributed by atoms with Crippen molar-refractivity contribution in [3.05, 3.63) is 53.9 Å². The van der Waals surface area contributed by atoms with Gasteiger partial charge in [-0.15, -0.1) is 0 Å². The van der Waals surface area contributed by atoms with E-state index >= 15 is 0 Å². The smallest absolute Gasteiger partial charge is 0.286 e. The summed E-state index contributed by atoms with van der Waals surface area (Å²) < 4.78 is 5.60. The molecular formula is C16H19N3O3. The number of hydrogen-bond donors (Lipinski definition) is 3. The number of amides is 2. The number of aryl methyl sites for hydroxylation is 1. The average molecular weight is 301 g/mol. The van der Waals surface area contributed by atoms with Crippen LogP contribution in [0.2, 0.25) is 0 Å². The van der Waals surface area contributed by atoms with Gasteiger partial charge in [0.1, 0.15) is 11.4 Å². The van der Waals surface area contributed by atoms with Crippen LogP contribution in [-0.2, 0) is 4.79 Å². The van der Waals surface area contributed by atoms with Crippen molar-refractivity contribution in [2.24, 2.45) is 0 Å². The fourth-order valence-electron chi connectivity index (χ4n) is 1.86. The highest BCUT2D eigenvalue weighted by Gasteiger charge is 2.07. The zero-order valence-corrected chi connectivity index (χ0v) is 12.4. The number of ether oxygens (including phenoxy) is 1. The largest absolute Gasteiger partial charge is 0.493 e. The van der Waals surface area contributed by atoms with E-state index in [-0.39, 0.29) is 18.2 Å². The first kappa shape index (κ1) is 15.6. The van der Waals surface area contributed by atoms with Crippen molar-refractivity contribution >= 4 is 11.8 Å². The van der Waals surface area contributed by atoms with Gasteiger partial charge in [0.25, 0.3) is 5.91 Å². The second-order valence-corrected chi connectivity index (χ2v) is 4.80. The topological polar surface area (TPSA) is 83.2 Å². The van der Waals surface area contributed by atoms with Crippen molar-refractivity contribution in [3.8, 4) is 5.75 Å². The summed E-state index contributed by atoms with van der Waals surface area (Å²) in [7, 11) is 0. The second-order valence-electron chi connectivity index (χ2n) is 4.80. The Morgan fingerprint density at radius 3 is 2.68 bits per heavy atom. The molecule has 0 atom stereocenters. The highest BCUT2D eigenvalue weighted by Crippen LogP contribution is 2.16. The summed E-state index contributed by atoms with van der Waals surface area (Å²) in [6.07, 6.45) is 2.48. The van der Waals surface area contributed by atoms with Crippen molar-refractivity contribution in [2.45, 2.75) is 19.8 Å². The number of hydrogen-bond acceptors (Lipinski definition) is 3. The molecule has 0 bridgehead atoms. The number of H-pyrrole nitrogens is 1. The highest BCUT2D eigenvalue weighted by atomic mass is 16.5. The minimum atomic E-state index is -0.380. The molecule has 0 unspecified atom stereocenters. The van der Waals surface area contributed by atoms with Gasteiger partial charge in [-0.2, -0.15) is 0 Å². The Balaban J connectivity index is 1.62. The lowest BCUT2D eigenvalue weighted by molar-refractivity contribution is -0.122. The maximum Gasteiger partial charge on any atom is 0.286 e. The van der Waals surface area contributed by atoms with Crippen LogP contribution < -0.4 is 15.6 Å². The molecule has 6 nitrogen and oxygen atoms in total. The van der Waals surface area contributed by atoms with Crippen LogP contribution in [-0.4, -0.2) is 23.4 Å². The lowest BCUT2D eigenvalue weighted by Crippen LogP contribution is -2.41. The van der Waals surface area contributed by atoms with Crippen LogP contribution in [0.25, 0.3) is 0 Å². The summed E-state index contributed by atoms with van der Waals surface area (Å²) in [5, 5.41) is 0. The van der Waals surface area contributed by atoms with E-state index in [9.17, 15) is 9.59 Å². The zero-order valence-electron chi connectivity index (χ0n) is 12.4. The van der Waals surface area contributed by atoms with Crippen LogP contribution in [0.1, 0.15) is 28.9 Å². The Labute approximate surface area is 128 Å². The fraction of sp³-hybridized carbons (Fsp3) is 0.250. The van der Waals surface area contributed by atoms with Crippen LogP contribution in [0.15, 0.2) is 42.6 Å². The standard InChI is InChI=1S/C16H19N3O3/c1-12-6-2-3-8-14(12)22-11-5-9-15(20)18-19-16(21)13-7-4-10-17-13/h2-4,6-8,10,17H,5,9,11H2,1H3,(H,18,20)(H,19,21). The molecule has 22 heavy (non-hydrogen) atoms. The predicted molar refractivity (Wildman–Crippen MR) is 82.3 cm³/mol. The molecule has 0 saturated heterocycles. The highest BCUT2D eigenvalue weighted by molar-refractivity contribution is 5.93. The molecule has 0 fully saturated rings. The summed E-state index contributed by atoms with van der Waals surface area (Å²) in [5.41, 5.74) is 6.16. The van der Waals surface area contributed by atoms with E-state index in [0.717, 1.165) is 11.3 Å². The first-order valence-corrected chi connectivity index (χ1v) is 7.08. The number of rotatable bonds is 6. The van der Waals surface area contributed by atoms with Gasteiger partial charge >= 0.3 is 0 Å². The summed E-state index contributed by atoms with van der Waals surface area (Å²) in [4.78, 5) is 25.9. The summed E-state index contributed by atoms with van der Waals surface area (Å²) >= 11 is 0. The number of aromatic nitrogens is 1. The van der Waals surface area contributed by atoms with Crippen molar-refractivity contribution in [2.75, 3.05) is 6.61 Å². The van der Waals surface area contributed by atoms with E-state index in [1.165, 1.54) is 0 Å². The molecule has 2 aromatic rings. The lowest BCUT2D eigenvalue weighted by Gasteiger charge is -2.09. The Morgan fingerprint density at radius 1 is 1.14 bits per heavy atom. The van der Waals surface area contributed by atoms with Crippen LogP contribution >= 0.6 is 0 Å². The number of hydrazine groups is 1. The van der Waals surface area contributed by atoms with Gasteiger partial charge in [-0.25, -0.2) is 0 Å². The predicted octanol–water partition coefficient (Wildman–Crippen LogP) is 1.94. The van der Waals surface area contributed by atoms with Gasteiger partial charge in [-0.3, -0.25) is 20.4 Å². The van der Waals surface area contributed by atoms with Crippen molar-refractivity contribution < 1.29 is 14.3 Å². The first-order valence-electron chi connectivity index (χ1n) is 7.08. The van der Waals surface area contributed by atoms with Crippen LogP contribution in [0, 0.1) is 6.92 Å². The molecule has 6 heteroatoms. The van der Waals surface area contributed by atoms with E-state index < -0.39 is 0 Å². The molecule has 1 aromatic heterocycles. The lowest BCUT2D eigenvalue weighted by atomic mass is 10.2. The maximum atomic E-state index is 11.6. The number of carbonyl (C=O) groups excluding carboxylic acids is 2. The van der Waals surface area contributed by atoms with E-state index in [1.54, 1.807) is 18.3 Å². The quantitative estimate of drug-likeness (QED) is 0.563. The monoisotopic (exact) mass is 301 g/mol. The van der Waals surface area contributed by atoms with Crippen LogP contribution in [0.3, 0.4) is 0 Å². The zero-order chi connectivity index (χ0) is 15.8. The summed E-state index contributed by atoms with van der Waals surface area (Å²) in [5.74, 6) is 0.186. The van der Waals surface area contributed by atoms with Crippen LogP contribution in [0.5, 0.6) is 5.75 Å². The number of para-hydroxylation sites is 1. The van der Waals surface area contributed by atoms with Gasteiger partial charge < -0.3 is 9.72 Å². The normalized spacial score (nSPS) is 10.0. The third-order valence-corrected chi connectivity index (χ3v) is 3.06. The number of benzene rings is 1. The van der Waals surface area contributed by atoms with E-state index in [4.69, 9.17) is 4.74 Å². The van der Waals surface area contributed by atoms with Gasteiger partial charge in [-0.1, -0.05) is 18.2 Å². The van der Waals surface area contributed by atoms with Crippen LogP contribution in [0.4, 0.5) is 0 Å². The number of nitrogens with one attached hydrogen (secondary N) is 3. The van der Waals surface area contributed by atoms with E-state index in [0.29, 0.717) is 18.7 Å². The summed E-state index contributed by atoms with van der Waals surface area (Å²) in [6, 6.07) is 11.1. The molecule has 2 rings (SSSR count). The molecule has 2 amide bonds. The molecule has 0 radical (unpaired) electrons. The summed E-state index contributed by atoms with van der Waals surface area (Å²) in [6.45, 7) is 2.42. The number of aromatic amines is 1. The Hall–Kier alpha value is -2.76. The molecule has 0 saturated carbocycles.